The van der Waals surface area contributed by atoms with Gasteiger partial charge in [-0.05, 0) is 23.8 Å². The molecule has 2 aromatic carbocycles. The third-order valence-corrected chi connectivity index (χ3v) is 4.84. The van der Waals surface area contributed by atoms with E-state index in [0.29, 0.717) is 48.9 Å². The van der Waals surface area contributed by atoms with Crippen LogP contribution in [0.4, 0.5) is 0 Å². The van der Waals surface area contributed by atoms with Crippen LogP contribution in [0.15, 0.2) is 48.5 Å². The molecule has 26 heavy (non-hydrogen) atoms. The summed E-state index contributed by atoms with van der Waals surface area (Å²) in [5.41, 5.74) is 1.46. The van der Waals surface area contributed by atoms with Crippen molar-refractivity contribution in [2.24, 2.45) is 0 Å². The van der Waals surface area contributed by atoms with Gasteiger partial charge in [0.25, 0.3) is 5.91 Å². The molecule has 0 atom stereocenters. The van der Waals surface area contributed by atoms with Crippen molar-refractivity contribution in [3.63, 3.8) is 0 Å². The Hall–Kier alpha value is -2.53. The SMILES string of the molecule is COc1ccc(C(=O)N2CCN(C(=O)Cc3ccccc3)CC2)c(Cl)c1. The lowest BCUT2D eigenvalue weighted by molar-refractivity contribution is -0.131. The summed E-state index contributed by atoms with van der Waals surface area (Å²) in [5.74, 6) is 0.585. The van der Waals surface area contributed by atoms with Crippen LogP contribution in [0.2, 0.25) is 5.02 Å². The number of amides is 2. The highest BCUT2D eigenvalue weighted by molar-refractivity contribution is 6.34. The summed E-state index contributed by atoms with van der Waals surface area (Å²) in [6.07, 6.45) is 0.388. The number of carbonyl (C=O) groups excluding carboxylic acids is 2. The second kappa shape index (κ2) is 8.23. The Morgan fingerprint density at radius 2 is 1.65 bits per heavy atom. The molecule has 1 aliphatic rings. The highest BCUT2D eigenvalue weighted by Crippen LogP contribution is 2.24. The van der Waals surface area contributed by atoms with Crippen molar-refractivity contribution in [3.05, 3.63) is 64.7 Å². The lowest BCUT2D eigenvalue weighted by Gasteiger charge is -2.35. The first kappa shape index (κ1) is 18.3. The summed E-state index contributed by atoms with van der Waals surface area (Å²) in [7, 11) is 1.55. The Labute approximate surface area is 158 Å². The van der Waals surface area contributed by atoms with Gasteiger partial charge in [-0.1, -0.05) is 41.9 Å². The zero-order chi connectivity index (χ0) is 18.5. The molecule has 136 valence electrons. The Kier molecular flexibility index (Phi) is 5.78. The molecule has 5 nitrogen and oxygen atoms in total. The van der Waals surface area contributed by atoms with Gasteiger partial charge in [0, 0.05) is 26.2 Å². The molecule has 2 aromatic rings. The van der Waals surface area contributed by atoms with E-state index in [0.717, 1.165) is 5.56 Å². The number of hydrogen-bond acceptors (Lipinski definition) is 3. The summed E-state index contributed by atoms with van der Waals surface area (Å²) in [6.45, 7) is 2.07. The molecule has 0 aromatic heterocycles. The van der Waals surface area contributed by atoms with Crippen LogP contribution in [0, 0.1) is 0 Å². The van der Waals surface area contributed by atoms with Crippen molar-refractivity contribution in [2.75, 3.05) is 33.3 Å². The molecule has 0 spiro atoms. The average molecular weight is 373 g/mol. The van der Waals surface area contributed by atoms with Gasteiger partial charge in [0.15, 0.2) is 0 Å². The molecule has 0 unspecified atom stereocenters. The molecule has 0 aliphatic carbocycles. The number of halogens is 1. The maximum absolute atomic E-state index is 12.7. The molecule has 3 rings (SSSR count). The van der Waals surface area contributed by atoms with Crippen LogP contribution in [-0.4, -0.2) is 54.9 Å². The molecule has 1 saturated heterocycles. The lowest BCUT2D eigenvalue weighted by atomic mass is 10.1. The van der Waals surface area contributed by atoms with E-state index in [1.807, 2.05) is 35.2 Å². The Morgan fingerprint density at radius 1 is 1.00 bits per heavy atom. The second-order valence-electron chi connectivity index (χ2n) is 6.18. The third-order valence-electron chi connectivity index (χ3n) is 4.52. The molecule has 2 amide bonds. The quantitative estimate of drug-likeness (QED) is 0.829. The van der Waals surface area contributed by atoms with Gasteiger partial charge in [-0.3, -0.25) is 9.59 Å². The first-order valence-corrected chi connectivity index (χ1v) is 8.91. The monoisotopic (exact) mass is 372 g/mol. The van der Waals surface area contributed by atoms with Gasteiger partial charge < -0.3 is 14.5 Å². The molecule has 1 fully saturated rings. The maximum atomic E-state index is 12.7. The molecular weight excluding hydrogens is 352 g/mol. The predicted molar refractivity (Wildman–Crippen MR) is 101 cm³/mol. The normalized spacial score (nSPS) is 14.2. The van der Waals surface area contributed by atoms with Gasteiger partial charge in [0.2, 0.25) is 5.91 Å². The van der Waals surface area contributed by atoms with E-state index in [2.05, 4.69) is 0 Å². The van der Waals surface area contributed by atoms with Crippen molar-refractivity contribution < 1.29 is 14.3 Å². The van der Waals surface area contributed by atoms with Gasteiger partial charge in [0.05, 0.1) is 24.1 Å². The van der Waals surface area contributed by atoms with E-state index in [9.17, 15) is 9.59 Å². The highest BCUT2D eigenvalue weighted by atomic mass is 35.5. The number of carbonyl (C=O) groups is 2. The Balaban J connectivity index is 1.58. The third kappa shape index (κ3) is 4.17. The fourth-order valence-electron chi connectivity index (χ4n) is 3.01. The van der Waals surface area contributed by atoms with Crippen molar-refractivity contribution in [1.82, 2.24) is 9.80 Å². The minimum atomic E-state index is -0.118. The zero-order valence-electron chi connectivity index (χ0n) is 14.7. The minimum absolute atomic E-state index is 0.0887. The van der Waals surface area contributed by atoms with Crippen molar-refractivity contribution in [3.8, 4) is 5.75 Å². The van der Waals surface area contributed by atoms with Gasteiger partial charge in [-0.25, -0.2) is 0 Å². The summed E-state index contributed by atoms with van der Waals surface area (Å²) < 4.78 is 5.11. The molecular formula is C20H21ClN2O3. The van der Waals surface area contributed by atoms with Gasteiger partial charge in [0.1, 0.15) is 5.75 Å². The van der Waals surface area contributed by atoms with Crippen LogP contribution in [0.25, 0.3) is 0 Å². The van der Waals surface area contributed by atoms with Gasteiger partial charge in [-0.15, -0.1) is 0 Å². The molecule has 0 saturated carbocycles. The summed E-state index contributed by atoms with van der Waals surface area (Å²) in [4.78, 5) is 28.7. The summed E-state index contributed by atoms with van der Waals surface area (Å²) >= 11 is 6.20. The number of hydrogen-bond donors (Lipinski definition) is 0. The smallest absolute Gasteiger partial charge is 0.255 e. The van der Waals surface area contributed by atoms with Gasteiger partial charge in [-0.2, -0.15) is 0 Å². The topological polar surface area (TPSA) is 49.9 Å². The average Bonchev–Trinajstić information content (AvgIpc) is 2.68. The zero-order valence-corrected chi connectivity index (χ0v) is 15.4. The van der Waals surface area contributed by atoms with E-state index in [4.69, 9.17) is 16.3 Å². The number of benzene rings is 2. The summed E-state index contributed by atoms with van der Waals surface area (Å²) in [6, 6.07) is 14.7. The van der Waals surface area contributed by atoms with Crippen LogP contribution in [-0.2, 0) is 11.2 Å². The number of ether oxygens (including phenoxy) is 1. The molecule has 6 heteroatoms. The van der Waals surface area contributed by atoms with E-state index in [-0.39, 0.29) is 11.8 Å². The van der Waals surface area contributed by atoms with E-state index in [1.54, 1.807) is 30.2 Å². The predicted octanol–water partition coefficient (Wildman–Crippen LogP) is 2.88. The van der Waals surface area contributed by atoms with Crippen molar-refractivity contribution in [1.29, 1.82) is 0 Å². The fraction of sp³-hybridized carbons (Fsp3) is 0.300. The first-order chi connectivity index (χ1) is 12.6. The first-order valence-electron chi connectivity index (χ1n) is 8.53. The molecule has 1 aliphatic heterocycles. The molecule has 1 heterocycles. The van der Waals surface area contributed by atoms with Crippen LogP contribution < -0.4 is 4.74 Å². The Morgan fingerprint density at radius 3 is 2.27 bits per heavy atom. The molecule has 0 radical (unpaired) electrons. The number of methoxy groups -OCH3 is 1. The minimum Gasteiger partial charge on any atom is -0.497 e. The van der Waals surface area contributed by atoms with Crippen molar-refractivity contribution in [2.45, 2.75) is 6.42 Å². The largest absolute Gasteiger partial charge is 0.497 e. The van der Waals surface area contributed by atoms with E-state index >= 15 is 0 Å². The second-order valence-corrected chi connectivity index (χ2v) is 6.59. The van der Waals surface area contributed by atoms with E-state index in [1.165, 1.54) is 0 Å². The van der Waals surface area contributed by atoms with Crippen LogP contribution >= 0.6 is 11.6 Å². The van der Waals surface area contributed by atoms with Crippen LogP contribution in [0.5, 0.6) is 5.75 Å². The fourth-order valence-corrected chi connectivity index (χ4v) is 3.26. The van der Waals surface area contributed by atoms with Crippen LogP contribution in [0.3, 0.4) is 0 Å². The number of rotatable bonds is 4. The number of piperazine rings is 1. The Bertz CT molecular complexity index is 787. The van der Waals surface area contributed by atoms with E-state index < -0.39 is 0 Å². The summed E-state index contributed by atoms with van der Waals surface area (Å²) in [5, 5.41) is 0.372. The standard InChI is InChI=1S/C20H21ClN2O3/c1-26-16-7-8-17(18(21)14-16)20(25)23-11-9-22(10-12-23)19(24)13-15-5-3-2-4-6-15/h2-8,14H,9-13H2,1H3. The lowest BCUT2D eigenvalue weighted by Crippen LogP contribution is -2.51. The molecule has 0 N–H and O–H groups in total. The molecule has 0 bridgehead atoms. The highest BCUT2D eigenvalue weighted by Gasteiger charge is 2.26. The van der Waals surface area contributed by atoms with Gasteiger partial charge >= 0.3 is 0 Å². The van der Waals surface area contributed by atoms with Crippen molar-refractivity contribution >= 4 is 23.4 Å². The van der Waals surface area contributed by atoms with Crippen LogP contribution in [0.1, 0.15) is 15.9 Å². The maximum Gasteiger partial charge on any atom is 0.255 e. The number of nitrogens with zero attached hydrogens (tertiary/aromatic N) is 2.